The van der Waals surface area contributed by atoms with Crippen molar-refractivity contribution in [2.75, 3.05) is 5.75 Å². The molecule has 3 N–H and O–H groups in total. The molecule has 0 radical (unpaired) electrons. The first-order valence-corrected chi connectivity index (χ1v) is 20.9. The second-order valence-electron chi connectivity index (χ2n) is 15.9. The summed E-state index contributed by atoms with van der Waals surface area (Å²) < 4.78 is 15.7. The lowest BCUT2D eigenvalue weighted by atomic mass is 9.53. The number of hydrogen-bond donors (Lipinski definition) is 3. The van der Waals surface area contributed by atoms with Crippen molar-refractivity contribution in [2.24, 2.45) is 23.7 Å². The average Bonchev–Trinajstić information content (AvgIpc) is 3.59. The van der Waals surface area contributed by atoms with E-state index in [0.717, 1.165) is 86.0 Å². The Kier molecular flexibility index (Phi) is 9.80. The van der Waals surface area contributed by atoms with Crippen molar-refractivity contribution >= 4 is 39.3 Å². The minimum Gasteiger partial charge on any atom is -0.392 e. The predicted octanol–water partition coefficient (Wildman–Crippen LogP) is 9.81. The number of carbonyl (C=O) groups excluding carboxylic acids is 1. The van der Waals surface area contributed by atoms with E-state index in [1.165, 1.54) is 24.0 Å². The van der Waals surface area contributed by atoms with Crippen LogP contribution < -0.4 is 10.6 Å². The fourth-order valence-corrected chi connectivity index (χ4v) is 12.1. The van der Waals surface area contributed by atoms with Crippen LogP contribution >= 0.6 is 23.1 Å². The zero-order valence-corrected chi connectivity index (χ0v) is 31.7. The van der Waals surface area contributed by atoms with Crippen molar-refractivity contribution in [3.05, 3.63) is 119 Å². The molecule has 0 unspecified atom stereocenters. The van der Waals surface area contributed by atoms with E-state index in [1.807, 2.05) is 24.3 Å². The Balaban J connectivity index is 0.900. The molecule has 5 aliphatic rings. The Morgan fingerprint density at radius 2 is 1.55 bits per heavy atom. The number of aromatic nitrogens is 1. The first-order valence-electron chi connectivity index (χ1n) is 19.1. The molecule has 10 rings (SSSR count). The third-order valence-electron chi connectivity index (χ3n) is 12.1. The Bertz CT molecular complexity index is 2000. The van der Waals surface area contributed by atoms with Crippen LogP contribution in [0.3, 0.4) is 0 Å². The van der Waals surface area contributed by atoms with Crippen LogP contribution in [-0.4, -0.2) is 33.5 Å². The van der Waals surface area contributed by atoms with E-state index in [-0.39, 0.29) is 36.3 Å². The molecule has 4 atom stereocenters. The number of carbonyl (C=O) groups is 1. The maximum atomic E-state index is 13.3. The number of para-hydroxylation sites is 1. The van der Waals surface area contributed by atoms with Crippen LogP contribution in [0, 0.1) is 23.7 Å². The number of thioether (sulfide) groups is 1. The SMILES string of the molecule is C[C@H]1[C@@H](CSc2nc3ccccc3s2)O[C@@H](c2ccc(-c3ccccc3CNC(=O)NC34CC5CC(CC(C5)C3)C4)cc2)O[C@H]1c1ccc(CO)cc1. The van der Waals surface area contributed by atoms with Crippen LogP contribution in [-0.2, 0) is 22.6 Å². The van der Waals surface area contributed by atoms with Crippen LogP contribution in [0.2, 0.25) is 0 Å². The highest BCUT2D eigenvalue weighted by Gasteiger charge is 2.51. The summed E-state index contributed by atoms with van der Waals surface area (Å²) in [6.45, 7) is 2.67. The van der Waals surface area contributed by atoms with Crippen LogP contribution in [0.15, 0.2) is 101 Å². The van der Waals surface area contributed by atoms with Gasteiger partial charge in [0.05, 0.1) is 29.0 Å². The Morgan fingerprint density at radius 1 is 0.868 bits per heavy atom. The lowest BCUT2D eigenvalue weighted by Crippen LogP contribution is -2.61. The molecule has 1 aromatic heterocycles. The quantitative estimate of drug-likeness (QED) is 0.123. The van der Waals surface area contributed by atoms with Gasteiger partial charge in [0.25, 0.3) is 0 Å². The third-order valence-corrected chi connectivity index (χ3v) is 14.4. The first kappa shape index (κ1) is 35.0. The van der Waals surface area contributed by atoms with E-state index < -0.39 is 6.29 Å². The summed E-state index contributed by atoms with van der Waals surface area (Å²) in [6, 6.07) is 33.0. The van der Waals surface area contributed by atoms with E-state index in [9.17, 15) is 9.90 Å². The highest BCUT2D eigenvalue weighted by Crippen LogP contribution is 2.55. The van der Waals surface area contributed by atoms with Gasteiger partial charge >= 0.3 is 6.03 Å². The smallest absolute Gasteiger partial charge is 0.315 e. The molecule has 5 aromatic rings. The maximum Gasteiger partial charge on any atom is 0.315 e. The van der Waals surface area contributed by atoms with E-state index in [1.54, 1.807) is 23.1 Å². The average molecular weight is 746 g/mol. The number of nitrogens with one attached hydrogen (secondary N) is 2. The monoisotopic (exact) mass is 745 g/mol. The molecule has 53 heavy (non-hydrogen) atoms. The van der Waals surface area contributed by atoms with Gasteiger partial charge in [-0.25, -0.2) is 9.78 Å². The molecule has 274 valence electrons. The first-order chi connectivity index (χ1) is 25.9. The van der Waals surface area contributed by atoms with Gasteiger partial charge in [0.1, 0.15) is 0 Å². The number of aliphatic hydroxyl groups is 1. The number of rotatable bonds is 10. The molecule has 4 aromatic carbocycles. The minimum atomic E-state index is -0.547. The summed E-state index contributed by atoms with van der Waals surface area (Å²) in [5.41, 5.74) is 7.18. The number of fused-ring (bicyclic) bond motifs is 1. The van der Waals surface area contributed by atoms with E-state index in [0.29, 0.717) is 6.54 Å². The van der Waals surface area contributed by atoms with E-state index >= 15 is 0 Å². The van der Waals surface area contributed by atoms with Gasteiger partial charge in [-0.05, 0) is 96.2 Å². The molecule has 4 aliphatic carbocycles. The van der Waals surface area contributed by atoms with Crippen molar-refractivity contribution in [3.8, 4) is 11.1 Å². The molecule has 7 nitrogen and oxygen atoms in total. The summed E-state index contributed by atoms with van der Waals surface area (Å²) in [7, 11) is 0. The van der Waals surface area contributed by atoms with E-state index in [2.05, 4.69) is 90.4 Å². The number of benzene rings is 4. The number of aliphatic hydroxyl groups excluding tert-OH is 1. The van der Waals surface area contributed by atoms with Gasteiger partial charge in [-0.2, -0.15) is 0 Å². The molecular weight excluding hydrogens is 699 g/mol. The van der Waals surface area contributed by atoms with Crippen molar-refractivity contribution in [1.82, 2.24) is 15.6 Å². The normalized spacial score (nSPS) is 29.0. The van der Waals surface area contributed by atoms with Gasteiger partial charge in [-0.15, -0.1) is 11.3 Å². The number of ether oxygens (including phenoxy) is 2. The molecule has 9 heteroatoms. The number of urea groups is 1. The molecule has 0 spiro atoms. The molecule has 4 saturated carbocycles. The lowest BCUT2D eigenvalue weighted by molar-refractivity contribution is -0.268. The molecule has 2 amide bonds. The number of hydrogen-bond acceptors (Lipinski definition) is 7. The highest BCUT2D eigenvalue weighted by atomic mass is 32.2. The highest BCUT2D eigenvalue weighted by molar-refractivity contribution is 8.01. The summed E-state index contributed by atoms with van der Waals surface area (Å²) in [4.78, 5) is 18.1. The largest absolute Gasteiger partial charge is 0.392 e. The fraction of sp³-hybridized carbons (Fsp3) is 0.409. The summed E-state index contributed by atoms with van der Waals surface area (Å²) >= 11 is 3.46. The van der Waals surface area contributed by atoms with Gasteiger partial charge in [0, 0.05) is 29.3 Å². The van der Waals surface area contributed by atoms with Gasteiger partial charge in [-0.3, -0.25) is 0 Å². The van der Waals surface area contributed by atoms with Gasteiger partial charge in [-0.1, -0.05) is 104 Å². The van der Waals surface area contributed by atoms with Gasteiger partial charge in [0.15, 0.2) is 10.6 Å². The Labute approximate surface area is 319 Å². The topological polar surface area (TPSA) is 92.7 Å². The molecule has 2 heterocycles. The summed E-state index contributed by atoms with van der Waals surface area (Å²) in [6.07, 6.45) is 6.69. The maximum absolute atomic E-state index is 13.3. The van der Waals surface area contributed by atoms with Gasteiger partial charge in [0.2, 0.25) is 0 Å². The molecule has 1 aliphatic heterocycles. The lowest BCUT2D eigenvalue weighted by Gasteiger charge is -2.56. The van der Waals surface area contributed by atoms with Crippen LogP contribution in [0.5, 0.6) is 0 Å². The standard InChI is InChI=1S/C44H47N3O4S2/c1-27-38(26-52-43-46-37-8-4-5-9-39(37)53-43)50-41(51-40(27)33-12-10-28(25-48)11-13-33)34-16-14-32(15-17-34)36-7-3-2-6-35(36)24-45-42(49)47-44-21-29-18-30(22-44)20-31(19-29)23-44/h2-17,27,29-31,38,40-41,48H,18-26H2,1H3,(H2,45,47,49)/t27-,29?,30?,31?,38+,40+,41+,44?/m0/s1. The number of nitrogens with zero attached hydrogens (tertiary/aromatic N) is 1. The zero-order chi connectivity index (χ0) is 35.9. The van der Waals surface area contributed by atoms with Crippen LogP contribution in [0.1, 0.15) is 80.1 Å². The van der Waals surface area contributed by atoms with Crippen molar-refractivity contribution < 1.29 is 19.4 Å². The van der Waals surface area contributed by atoms with Crippen LogP contribution in [0.4, 0.5) is 4.79 Å². The van der Waals surface area contributed by atoms with Gasteiger partial charge < -0.3 is 25.2 Å². The minimum absolute atomic E-state index is 0.00903. The zero-order valence-electron chi connectivity index (χ0n) is 30.1. The second kappa shape index (κ2) is 14.8. The fourth-order valence-electron chi connectivity index (χ4n) is 9.88. The summed E-state index contributed by atoms with van der Waals surface area (Å²) in [5, 5.41) is 16.3. The van der Waals surface area contributed by atoms with Crippen molar-refractivity contribution in [1.29, 1.82) is 0 Å². The predicted molar refractivity (Wildman–Crippen MR) is 211 cm³/mol. The second-order valence-corrected chi connectivity index (χ2v) is 18.2. The van der Waals surface area contributed by atoms with Crippen molar-refractivity contribution in [2.45, 2.75) is 87.0 Å². The Morgan fingerprint density at radius 3 is 2.26 bits per heavy atom. The molecule has 5 fully saturated rings. The number of amides is 2. The third kappa shape index (κ3) is 7.39. The number of thiazole rings is 1. The Hall–Kier alpha value is -3.73. The molecule has 1 saturated heterocycles. The molecular formula is C44H47N3O4S2. The van der Waals surface area contributed by atoms with Crippen LogP contribution in [0.25, 0.3) is 21.3 Å². The van der Waals surface area contributed by atoms with E-state index in [4.69, 9.17) is 14.5 Å². The molecule has 4 bridgehead atoms. The van der Waals surface area contributed by atoms with Crippen molar-refractivity contribution in [3.63, 3.8) is 0 Å². The summed E-state index contributed by atoms with van der Waals surface area (Å²) in [5.74, 6) is 3.21.